The number of halogens is 2. The van der Waals surface area contributed by atoms with Crippen LogP contribution in [0.2, 0.25) is 5.02 Å². The molecule has 0 atom stereocenters. The van der Waals surface area contributed by atoms with Gasteiger partial charge in [0.25, 0.3) is 0 Å². The second kappa shape index (κ2) is 4.94. The molecule has 0 aliphatic rings. The molecule has 0 unspecified atom stereocenters. The number of benzene rings is 1. The molecule has 17 heavy (non-hydrogen) atoms. The summed E-state index contributed by atoms with van der Waals surface area (Å²) in [4.78, 5) is 4.09. The van der Waals surface area contributed by atoms with Crippen molar-refractivity contribution in [3.05, 3.63) is 45.5 Å². The molecule has 1 aromatic carbocycles. The molecule has 0 saturated heterocycles. The van der Waals surface area contributed by atoms with Crippen molar-refractivity contribution in [3.63, 3.8) is 0 Å². The molecule has 88 valence electrons. The van der Waals surface area contributed by atoms with Crippen LogP contribution in [-0.4, -0.2) is 4.98 Å². The summed E-state index contributed by atoms with van der Waals surface area (Å²) < 4.78 is 6.32. The van der Waals surface area contributed by atoms with E-state index in [2.05, 4.69) is 20.9 Å². The smallest absolute Gasteiger partial charge is 0.233 e. The molecule has 3 nitrogen and oxygen atoms in total. The van der Waals surface area contributed by atoms with Crippen LogP contribution in [0.15, 0.2) is 34.9 Å². The fourth-order valence-corrected chi connectivity index (χ4v) is 2.03. The van der Waals surface area contributed by atoms with E-state index in [-0.39, 0.29) is 0 Å². The molecule has 0 bridgehead atoms. The highest BCUT2D eigenvalue weighted by Crippen LogP contribution is 2.32. The number of nitrogen functional groups attached to an aromatic ring is 1. The second-order valence-electron chi connectivity index (χ2n) is 3.58. The van der Waals surface area contributed by atoms with Gasteiger partial charge in [0.05, 0.1) is 15.2 Å². The van der Waals surface area contributed by atoms with Crippen molar-refractivity contribution in [2.24, 2.45) is 0 Å². The van der Waals surface area contributed by atoms with Crippen LogP contribution in [0.5, 0.6) is 11.6 Å². The average molecular weight is 314 g/mol. The van der Waals surface area contributed by atoms with Crippen LogP contribution in [0.3, 0.4) is 0 Å². The first-order chi connectivity index (χ1) is 8.06. The van der Waals surface area contributed by atoms with Crippen LogP contribution in [0, 0.1) is 6.92 Å². The molecule has 2 aromatic rings. The molecule has 0 aliphatic heterocycles. The van der Waals surface area contributed by atoms with Crippen molar-refractivity contribution in [2.75, 3.05) is 5.73 Å². The number of anilines is 1. The van der Waals surface area contributed by atoms with E-state index in [9.17, 15) is 0 Å². The van der Waals surface area contributed by atoms with E-state index in [0.29, 0.717) is 26.8 Å². The van der Waals surface area contributed by atoms with E-state index < -0.39 is 0 Å². The minimum absolute atomic E-state index is 0.437. The summed E-state index contributed by atoms with van der Waals surface area (Å²) in [6, 6.07) is 7.30. The highest BCUT2D eigenvalue weighted by molar-refractivity contribution is 9.10. The summed E-state index contributed by atoms with van der Waals surface area (Å²) in [5.74, 6) is 1.02. The van der Waals surface area contributed by atoms with Crippen molar-refractivity contribution < 1.29 is 4.74 Å². The second-order valence-corrected chi connectivity index (χ2v) is 4.87. The SMILES string of the molecule is Cc1ccc(N)c(Oc2ncc(Cl)cc2Br)c1. The Labute approximate surface area is 113 Å². The van der Waals surface area contributed by atoms with Gasteiger partial charge >= 0.3 is 0 Å². The highest BCUT2D eigenvalue weighted by Gasteiger charge is 2.07. The number of hydrogen-bond acceptors (Lipinski definition) is 3. The van der Waals surface area contributed by atoms with Gasteiger partial charge in [0.15, 0.2) is 5.75 Å². The van der Waals surface area contributed by atoms with E-state index in [1.54, 1.807) is 12.1 Å². The third-order valence-corrected chi connectivity index (χ3v) is 2.92. The van der Waals surface area contributed by atoms with Crippen molar-refractivity contribution in [2.45, 2.75) is 6.92 Å². The average Bonchev–Trinajstić information content (AvgIpc) is 2.27. The topological polar surface area (TPSA) is 48.1 Å². The van der Waals surface area contributed by atoms with Gasteiger partial charge in [-0.1, -0.05) is 17.7 Å². The van der Waals surface area contributed by atoms with Gasteiger partial charge < -0.3 is 10.5 Å². The molecule has 5 heteroatoms. The fourth-order valence-electron chi connectivity index (χ4n) is 1.31. The number of nitrogens with two attached hydrogens (primary N) is 1. The molecule has 0 spiro atoms. The molecule has 1 heterocycles. The Morgan fingerprint density at radius 3 is 2.82 bits per heavy atom. The normalized spacial score (nSPS) is 10.3. The van der Waals surface area contributed by atoms with Crippen LogP contribution < -0.4 is 10.5 Å². The van der Waals surface area contributed by atoms with E-state index in [1.807, 2.05) is 19.1 Å². The first-order valence-corrected chi connectivity index (χ1v) is 6.08. The summed E-state index contributed by atoms with van der Waals surface area (Å²) in [6.45, 7) is 1.97. The lowest BCUT2D eigenvalue weighted by molar-refractivity contribution is 0.461. The first-order valence-electron chi connectivity index (χ1n) is 4.91. The lowest BCUT2D eigenvalue weighted by atomic mass is 10.2. The van der Waals surface area contributed by atoms with E-state index >= 15 is 0 Å². The van der Waals surface area contributed by atoms with Gasteiger partial charge in [0.1, 0.15) is 0 Å². The maximum absolute atomic E-state index is 5.82. The first kappa shape index (κ1) is 12.2. The van der Waals surface area contributed by atoms with Crippen LogP contribution in [-0.2, 0) is 0 Å². The number of aryl methyl sites for hydroxylation is 1. The van der Waals surface area contributed by atoms with Crippen molar-refractivity contribution >= 4 is 33.2 Å². The number of pyridine rings is 1. The minimum Gasteiger partial charge on any atom is -0.436 e. The van der Waals surface area contributed by atoms with Gasteiger partial charge in [-0.15, -0.1) is 0 Å². The van der Waals surface area contributed by atoms with Crippen LogP contribution in [0.1, 0.15) is 5.56 Å². The Morgan fingerprint density at radius 2 is 2.12 bits per heavy atom. The predicted octanol–water partition coefficient (Wildman–Crippen LogP) is 4.18. The Morgan fingerprint density at radius 1 is 1.35 bits per heavy atom. The minimum atomic E-state index is 0.437. The number of hydrogen-bond donors (Lipinski definition) is 1. The van der Waals surface area contributed by atoms with Crippen LogP contribution in [0.25, 0.3) is 0 Å². The van der Waals surface area contributed by atoms with Gasteiger partial charge in [-0.05, 0) is 46.6 Å². The Bertz CT molecular complexity index is 560. The van der Waals surface area contributed by atoms with Crippen LogP contribution in [0.4, 0.5) is 5.69 Å². The lowest BCUT2D eigenvalue weighted by Crippen LogP contribution is -1.94. The summed E-state index contributed by atoms with van der Waals surface area (Å²) in [5.41, 5.74) is 7.46. The number of nitrogens with zero attached hydrogens (tertiary/aromatic N) is 1. The summed E-state index contributed by atoms with van der Waals surface area (Å²) in [5, 5.41) is 0.543. The molecule has 0 fully saturated rings. The quantitative estimate of drug-likeness (QED) is 0.846. The molecule has 0 radical (unpaired) electrons. The highest BCUT2D eigenvalue weighted by atomic mass is 79.9. The number of ether oxygens (including phenoxy) is 1. The third-order valence-electron chi connectivity index (χ3n) is 2.15. The van der Waals surface area contributed by atoms with Gasteiger partial charge in [-0.2, -0.15) is 0 Å². The monoisotopic (exact) mass is 312 g/mol. The number of aromatic nitrogens is 1. The van der Waals surface area contributed by atoms with E-state index in [4.69, 9.17) is 22.1 Å². The molecule has 0 saturated carbocycles. The zero-order valence-corrected chi connectivity index (χ0v) is 11.4. The van der Waals surface area contributed by atoms with Crippen molar-refractivity contribution in [1.29, 1.82) is 0 Å². The van der Waals surface area contributed by atoms with E-state index in [0.717, 1.165) is 5.56 Å². The fraction of sp³-hybridized carbons (Fsp3) is 0.0833. The van der Waals surface area contributed by atoms with Gasteiger partial charge in [-0.25, -0.2) is 4.98 Å². The standard InChI is InChI=1S/C12H10BrClN2O/c1-7-2-3-10(15)11(4-7)17-12-9(13)5-8(14)6-16-12/h2-6H,15H2,1H3. The summed E-state index contributed by atoms with van der Waals surface area (Å²) >= 11 is 9.14. The van der Waals surface area contributed by atoms with Crippen molar-refractivity contribution in [3.8, 4) is 11.6 Å². The zero-order chi connectivity index (χ0) is 12.4. The summed E-state index contributed by atoms with van der Waals surface area (Å²) in [6.07, 6.45) is 1.52. The largest absolute Gasteiger partial charge is 0.436 e. The third kappa shape index (κ3) is 2.90. The number of rotatable bonds is 2. The molecule has 2 N–H and O–H groups in total. The Kier molecular flexibility index (Phi) is 3.54. The molecular weight excluding hydrogens is 304 g/mol. The summed E-state index contributed by atoms with van der Waals surface area (Å²) in [7, 11) is 0. The molecule has 1 aromatic heterocycles. The van der Waals surface area contributed by atoms with Gasteiger partial charge in [-0.3, -0.25) is 0 Å². The maximum atomic E-state index is 5.82. The lowest BCUT2D eigenvalue weighted by Gasteiger charge is -2.09. The Balaban J connectivity index is 2.34. The molecule has 2 rings (SSSR count). The Hall–Kier alpha value is -1.26. The molecule has 0 aliphatic carbocycles. The van der Waals surface area contributed by atoms with Crippen molar-refractivity contribution in [1.82, 2.24) is 4.98 Å². The van der Waals surface area contributed by atoms with E-state index in [1.165, 1.54) is 6.20 Å². The maximum Gasteiger partial charge on any atom is 0.233 e. The zero-order valence-electron chi connectivity index (χ0n) is 9.08. The predicted molar refractivity (Wildman–Crippen MR) is 72.6 cm³/mol. The van der Waals surface area contributed by atoms with Gasteiger partial charge in [0.2, 0.25) is 5.88 Å². The van der Waals surface area contributed by atoms with Crippen LogP contribution >= 0.6 is 27.5 Å². The molecule has 0 amide bonds. The van der Waals surface area contributed by atoms with Gasteiger partial charge in [0, 0.05) is 6.20 Å². The molecular formula is C12H10BrClN2O.